The molecule has 1 amide bonds. The minimum Gasteiger partial charge on any atom is -0.463 e. The summed E-state index contributed by atoms with van der Waals surface area (Å²) in [7, 11) is 1.23. The van der Waals surface area contributed by atoms with Crippen LogP contribution in [-0.4, -0.2) is 40.9 Å². The van der Waals surface area contributed by atoms with Gasteiger partial charge in [0.1, 0.15) is 0 Å². The average Bonchev–Trinajstić information content (AvgIpc) is 2.94. The van der Waals surface area contributed by atoms with Crippen LogP contribution in [0.25, 0.3) is 0 Å². The van der Waals surface area contributed by atoms with Crippen LogP contribution < -0.4 is 4.90 Å². The average molecular weight is 284 g/mol. The standard InChI is InChI=1S/C11H12N2O5S/c1-6(14)19-7-3-9(15)13(5-7)11-12-4-8(18-11)10(16)17-2/h4,7H,3,5H2,1-2H3. The second kappa shape index (κ2) is 5.43. The largest absolute Gasteiger partial charge is 0.463 e. The number of carbonyl (C=O) groups is 3. The van der Waals surface area contributed by atoms with Crippen LogP contribution >= 0.6 is 11.8 Å². The highest BCUT2D eigenvalue weighted by atomic mass is 32.2. The summed E-state index contributed by atoms with van der Waals surface area (Å²) >= 11 is 1.12. The van der Waals surface area contributed by atoms with Crippen LogP contribution in [-0.2, 0) is 14.3 Å². The van der Waals surface area contributed by atoms with E-state index in [4.69, 9.17) is 4.42 Å². The van der Waals surface area contributed by atoms with E-state index in [9.17, 15) is 14.4 Å². The highest BCUT2D eigenvalue weighted by Gasteiger charge is 2.34. The molecule has 0 aliphatic carbocycles. The third kappa shape index (κ3) is 2.95. The number of anilines is 1. The van der Waals surface area contributed by atoms with Crippen LogP contribution in [0.3, 0.4) is 0 Å². The predicted molar refractivity (Wildman–Crippen MR) is 66.9 cm³/mol. The molecule has 1 aromatic heterocycles. The predicted octanol–water partition coefficient (Wildman–Crippen LogP) is 0.846. The van der Waals surface area contributed by atoms with Gasteiger partial charge in [-0.05, 0) is 0 Å². The SMILES string of the molecule is COC(=O)c1cnc(N2CC(SC(C)=O)CC2=O)o1. The summed E-state index contributed by atoms with van der Waals surface area (Å²) in [6, 6.07) is 0.0528. The molecule has 2 rings (SSSR count). The number of methoxy groups -OCH3 is 1. The van der Waals surface area contributed by atoms with E-state index in [2.05, 4.69) is 9.72 Å². The molecule has 1 aromatic rings. The van der Waals surface area contributed by atoms with Crippen molar-refractivity contribution in [2.24, 2.45) is 0 Å². The van der Waals surface area contributed by atoms with Gasteiger partial charge in [-0.3, -0.25) is 14.5 Å². The van der Waals surface area contributed by atoms with Crippen LogP contribution in [0.1, 0.15) is 23.9 Å². The summed E-state index contributed by atoms with van der Waals surface area (Å²) in [6.45, 7) is 1.79. The number of hydrogen-bond donors (Lipinski definition) is 0. The molecule has 0 saturated carbocycles. The van der Waals surface area contributed by atoms with Crippen molar-refractivity contribution in [3.8, 4) is 0 Å². The zero-order valence-corrected chi connectivity index (χ0v) is 11.2. The molecule has 0 radical (unpaired) electrons. The Morgan fingerprint density at radius 1 is 1.58 bits per heavy atom. The molecule has 0 bridgehead atoms. The molecule has 7 nitrogen and oxygen atoms in total. The first-order chi connectivity index (χ1) is 9.01. The van der Waals surface area contributed by atoms with E-state index in [-0.39, 0.29) is 34.5 Å². The van der Waals surface area contributed by atoms with E-state index in [0.29, 0.717) is 6.54 Å². The van der Waals surface area contributed by atoms with Gasteiger partial charge in [0, 0.05) is 25.1 Å². The van der Waals surface area contributed by atoms with Crippen molar-refractivity contribution in [2.75, 3.05) is 18.6 Å². The Balaban J connectivity index is 2.10. The maximum absolute atomic E-state index is 11.8. The second-order valence-electron chi connectivity index (χ2n) is 3.94. The molecule has 1 aliphatic heterocycles. The van der Waals surface area contributed by atoms with E-state index in [1.54, 1.807) is 0 Å². The monoisotopic (exact) mass is 284 g/mol. The van der Waals surface area contributed by atoms with Crippen LogP contribution in [0.2, 0.25) is 0 Å². The topological polar surface area (TPSA) is 89.7 Å². The summed E-state index contributed by atoms with van der Waals surface area (Å²) in [5.74, 6) is -0.898. The highest BCUT2D eigenvalue weighted by molar-refractivity contribution is 8.14. The number of oxazole rings is 1. The molecule has 1 unspecified atom stereocenters. The number of carbonyl (C=O) groups excluding carboxylic acids is 3. The number of nitrogens with zero attached hydrogens (tertiary/aromatic N) is 2. The van der Waals surface area contributed by atoms with Crippen molar-refractivity contribution < 1.29 is 23.5 Å². The molecule has 8 heteroatoms. The van der Waals surface area contributed by atoms with Crippen LogP contribution in [0.5, 0.6) is 0 Å². The van der Waals surface area contributed by atoms with Crippen LogP contribution in [0.15, 0.2) is 10.6 Å². The fourth-order valence-corrected chi connectivity index (χ4v) is 2.68. The number of ether oxygens (including phenoxy) is 1. The van der Waals surface area contributed by atoms with Gasteiger partial charge in [0.25, 0.3) is 0 Å². The third-order valence-electron chi connectivity index (χ3n) is 2.53. The number of hydrogen-bond acceptors (Lipinski definition) is 7. The molecule has 0 N–H and O–H groups in total. The van der Waals surface area contributed by atoms with Crippen LogP contribution in [0.4, 0.5) is 6.01 Å². The van der Waals surface area contributed by atoms with Crippen molar-refractivity contribution in [3.63, 3.8) is 0 Å². The molecular formula is C11H12N2O5S. The number of rotatable bonds is 3. The fourth-order valence-electron chi connectivity index (χ4n) is 1.76. The number of amides is 1. The quantitative estimate of drug-likeness (QED) is 0.760. The Bertz CT molecular complexity index is 527. The van der Waals surface area contributed by atoms with Gasteiger partial charge in [0.15, 0.2) is 5.12 Å². The molecule has 19 heavy (non-hydrogen) atoms. The molecule has 1 aliphatic rings. The van der Waals surface area contributed by atoms with Crippen molar-refractivity contribution >= 4 is 34.8 Å². The lowest BCUT2D eigenvalue weighted by Crippen LogP contribution is -2.25. The second-order valence-corrected chi connectivity index (χ2v) is 5.42. The van der Waals surface area contributed by atoms with Crippen molar-refractivity contribution in [1.82, 2.24) is 4.98 Å². The maximum atomic E-state index is 11.8. The van der Waals surface area contributed by atoms with Gasteiger partial charge >= 0.3 is 12.0 Å². The zero-order chi connectivity index (χ0) is 14.0. The normalized spacial score (nSPS) is 18.7. The van der Waals surface area contributed by atoms with Crippen LogP contribution in [0, 0.1) is 0 Å². The Kier molecular flexibility index (Phi) is 3.89. The lowest BCUT2D eigenvalue weighted by molar-refractivity contribution is -0.117. The molecule has 1 atom stereocenters. The van der Waals surface area contributed by atoms with Gasteiger partial charge in [0.2, 0.25) is 11.7 Å². The van der Waals surface area contributed by atoms with Gasteiger partial charge in [-0.2, -0.15) is 0 Å². The molecule has 102 valence electrons. The molecule has 0 spiro atoms. The van der Waals surface area contributed by atoms with E-state index in [1.807, 2.05) is 0 Å². The maximum Gasteiger partial charge on any atom is 0.375 e. The first-order valence-corrected chi connectivity index (χ1v) is 6.41. The minimum absolute atomic E-state index is 0.0395. The molecule has 0 aromatic carbocycles. The Hall–Kier alpha value is -1.83. The zero-order valence-electron chi connectivity index (χ0n) is 10.4. The lowest BCUT2D eigenvalue weighted by Gasteiger charge is -2.10. The number of thioether (sulfide) groups is 1. The first kappa shape index (κ1) is 13.6. The summed E-state index contributed by atoms with van der Waals surface area (Å²) in [6.07, 6.45) is 1.46. The molecule has 1 fully saturated rings. The number of aromatic nitrogens is 1. The highest BCUT2D eigenvalue weighted by Crippen LogP contribution is 2.28. The lowest BCUT2D eigenvalue weighted by atomic mass is 10.4. The Morgan fingerprint density at radius 3 is 2.95 bits per heavy atom. The fraction of sp³-hybridized carbons (Fsp3) is 0.455. The van der Waals surface area contributed by atoms with E-state index >= 15 is 0 Å². The third-order valence-corrected chi connectivity index (χ3v) is 3.51. The van der Waals surface area contributed by atoms with Crippen molar-refractivity contribution in [1.29, 1.82) is 0 Å². The molecular weight excluding hydrogens is 272 g/mol. The smallest absolute Gasteiger partial charge is 0.375 e. The van der Waals surface area contributed by atoms with Crippen molar-refractivity contribution in [3.05, 3.63) is 12.0 Å². The Labute approximate surface area is 113 Å². The Morgan fingerprint density at radius 2 is 2.32 bits per heavy atom. The van der Waals surface area contributed by atoms with Gasteiger partial charge in [-0.1, -0.05) is 11.8 Å². The van der Waals surface area contributed by atoms with E-state index < -0.39 is 5.97 Å². The summed E-state index contributed by atoms with van der Waals surface area (Å²) in [5.41, 5.74) is 0. The number of esters is 1. The van der Waals surface area contributed by atoms with Gasteiger partial charge < -0.3 is 9.15 Å². The minimum atomic E-state index is -0.653. The molecule has 2 heterocycles. The molecule has 1 saturated heterocycles. The van der Waals surface area contributed by atoms with Crippen molar-refractivity contribution in [2.45, 2.75) is 18.6 Å². The van der Waals surface area contributed by atoms with E-state index in [1.165, 1.54) is 25.1 Å². The summed E-state index contributed by atoms with van der Waals surface area (Å²) in [5, 5.41) is -0.152. The van der Waals surface area contributed by atoms with Gasteiger partial charge in [-0.25, -0.2) is 9.78 Å². The summed E-state index contributed by atoms with van der Waals surface area (Å²) < 4.78 is 9.66. The van der Waals surface area contributed by atoms with E-state index in [0.717, 1.165) is 11.8 Å². The summed E-state index contributed by atoms with van der Waals surface area (Å²) in [4.78, 5) is 39.2. The van der Waals surface area contributed by atoms with Gasteiger partial charge in [-0.15, -0.1) is 0 Å². The first-order valence-electron chi connectivity index (χ1n) is 5.53. The van der Waals surface area contributed by atoms with Gasteiger partial charge in [0.05, 0.1) is 13.3 Å².